The molecular formula is C8H7ClF3NO. The van der Waals surface area contributed by atoms with Crippen molar-refractivity contribution in [3.8, 4) is 5.75 Å². The number of rotatable bonds is 3. The second-order valence-corrected chi connectivity index (χ2v) is 3.04. The van der Waals surface area contributed by atoms with Crippen LogP contribution in [-0.4, -0.2) is 17.8 Å². The summed E-state index contributed by atoms with van der Waals surface area (Å²) in [5.41, 5.74) is -0.102. The van der Waals surface area contributed by atoms with Gasteiger partial charge in [-0.15, -0.1) is 0 Å². The molecule has 1 aromatic rings. The van der Waals surface area contributed by atoms with Gasteiger partial charge in [0.15, 0.2) is 6.67 Å². The van der Waals surface area contributed by atoms with Gasteiger partial charge >= 0.3 is 6.05 Å². The molecule has 0 atom stereocenters. The Labute approximate surface area is 83.3 Å². The Bertz CT molecular complexity index is 332. The van der Waals surface area contributed by atoms with Gasteiger partial charge in [0, 0.05) is 11.8 Å². The summed E-state index contributed by atoms with van der Waals surface area (Å²) < 4.78 is 36.7. The number of phenols is 1. The first-order chi connectivity index (χ1) is 6.44. The number of benzene rings is 1. The first kappa shape index (κ1) is 11.0. The smallest absolute Gasteiger partial charge is 0.351 e. The van der Waals surface area contributed by atoms with E-state index in [0.717, 1.165) is 6.07 Å². The largest absolute Gasteiger partial charge is 0.506 e. The maximum Gasteiger partial charge on any atom is 0.351 e. The summed E-state index contributed by atoms with van der Waals surface area (Å²) in [6.07, 6.45) is 0. The molecule has 0 bridgehead atoms. The van der Waals surface area contributed by atoms with Gasteiger partial charge in [-0.05, 0) is 12.1 Å². The molecule has 14 heavy (non-hydrogen) atoms. The summed E-state index contributed by atoms with van der Waals surface area (Å²) in [4.78, 5) is 0. The van der Waals surface area contributed by atoms with E-state index in [4.69, 9.17) is 16.7 Å². The number of nitrogens with one attached hydrogen (secondary N) is 1. The molecule has 0 aliphatic carbocycles. The molecule has 0 fully saturated rings. The molecule has 1 aromatic carbocycles. The van der Waals surface area contributed by atoms with Crippen LogP contribution in [0.15, 0.2) is 18.2 Å². The maximum atomic E-state index is 12.5. The zero-order chi connectivity index (χ0) is 10.8. The zero-order valence-corrected chi connectivity index (χ0v) is 7.65. The minimum absolute atomic E-state index is 0.0408. The van der Waals surface area contributed by atoms with Crippen molar-refractivity contribution in [3.05, 3.63) is 23.2 Å². The summed E-state index contributed by atoms with van der Waals surface area (Å²) in [7, 11) is 0. The molecule has 6 heteroatoms. The fraction of sp³-hybridized carbons (Fsp3) is 0.250. The van der Waals surface area contributed by atoms with Gasteiger partial charge in [-0.3, -0.25) is 0 Å². The van der Waals surface area contributed by atoms with Crippen molar-refractivity contribution in [2.24, 2.45) is 0 Å². The molecule has 78 valence electrons. The number of phenolic OH excluding ortho intramolecular Hbond substituents is 1. The first-order valence-electron chi connectivity index (χ1n) is 3.65. The van der Waals surface area contributed by atoms with Gasteiger partial charge in [-0.2, -0.15) is 8.78 Å². The van der Waals surface area contributed by atoms with Crippen molar-refractivity contribution >= 4 is 17.3 Å². The van der Waals surface area contributed by atoms with Gasteiger partial charge in [-0.1, -0.05) is 11.6 Å². The third-order valence-electron chi connectivity index (χ3n) is 1.44. The fourth-order valence-electron chi connectivity index (χ4n) is 0.835. The van der Waals surface area contributed by atoms with E-state index in [9.17, 15) is 13.2 Å². The minimum Gasteiger partial charge on any atom is -0.506 e. The Morgan fingerprint density at radius 1 is 1.43 bits per heavy atom. The van der Waals surface area contributed by atoms with E-state index in [-0.39, 0.29) is 16.5 Å². The van der Waals surface area contributed by atoms with E-state index in [0.29, 0.717) is 0 Å². The highest BCUT2D eigenvalue weighted by Gasteiger charge is 2.28. The predicted octanol–water partition coefficient (Wildman–Crippen LogP) is 3.02. The average molecular weight is 226 g/mol. The summed E-state index contributed by atoms with van der Waals surface area (Å²) >= 11 is 5.45. The molecule has 0 saturated carbocycles. The molecule has 0 aliphatic rings. The number of anilines is 1. The standard InChI is InChI=1S/C8H7ClF3NO/c9-6-2-1-5(3-7(6)14)13-8(11,12)4-10/h1-3,13-14H,4H2. The van der Waals surface area contributed by atoms with Crippen LogP contribution in [0.25, 0.3) is 0 Å². The van der Waals surface area contributed by atoms with Crippen LogP contribution < -0.4 is 5.32 Å². The molecule has 2 N–H and O–H groups in total. The van der Waals surface area contributed by atoms with Crippen LogP contribution in [0.3, 0.4) is 0 Å². The Hall–Kier alpha value is -1.10. The highest BCUT2D eigenvalue weighted by molar-refractivity contribution is 6.32. The van der Waals surface area contributed by atoms with Crippen molar-refractivity contribution in [2.45, 2.75) is 6.05 Å². The van der Waals surface area contributed by atoms with Crippen LogP contribution in [0.1, 0.15) is 0 Å². The van der Waals surface area contributed by atoms with Crippen LogP contribution >= 0.6 is 11.6 Å². The second-order valence-electron chi connectivity index (χ2n) is 2.63. The van der Waals surface area contributed by atoms with Crippen molar-refractivity contribution in [1.82, 2.24) is 0 Å². The van der Waals surface area contributed by atoms with Crippen molar-refractivity contribution in [3.63, 3.8) is 0 Å². The van der Waals surface area contributed by atoms with E-state index < -0.39 is 12.7 Å². The second kappa shape index (κ2) is 3.96. The number of alkyl halides is 3. The lowest BCUT2D eigenvalue weighted by Crippen LogP contribution is -2.29. The lowest BCUT2D eigenvalue weighted by molar-refractivity contribution is 0.00683. The molecule has 0 heterocycles. The minimum atomic E-state index is -3.64. The van der Waals surface area contributed by atoms with Crippen LogP contribution in [0.5, 0.6) is 5.75 Å². The van der Waals surface area contributed by atoms with E-state index in [2.05, 4.69) is 0 Å². The van der Waals surface area contributed by atoms with Crippen LogP contribution in [-0.2, 0) is 0 Å². The third-order valence-corrected chi connectivity index (χ3v) is 1.76. The molecule has 2 nitrogen and oxygen atoms in total. The van der Waals surface area contributed by atoms with E-state index in [1.165, 1.54) is 12.1 Å². The molecule has 0 radical (unpaired) electrons. The summed E-state index contributed by atoms with van der Waals surface area (Å²) in [5.74, 6) is -0.341. The molecule has 0 spiro atoms. The van der Waals surface area contributed by atoms with Crippen LogP contribution in [0.2, 0.25) is 5.02 Å². The summed E-state index contributed by atoms with van der Waals surface area (Å²) in [5, 5.41) is 10.7. The van der Waals surface area contributed by atoms with E-state index in [1.54, 1.807) is 5.32 Å². The topological polar surface area (TPSA) is 32.3 Å². The molecule has 0 saturated heterocycles. The van der Waals surface area contributed by atoms with Gasteiger partial charge in [0.05, 0.1) is 5.02 Å². The van der Waals surface area contributed by atoms with Crippen molar-refractivity contribution < 1.29 is 18.3 Å². The number of aromatic hydroxyl groups is 1. The normalized spacial score (nSPS) is 11.4. The number of hydrogen-bond acceptors (Lipinski definition) is 2. The van der Waals surface area contributed by atoms with Crippen LogP contribution in [0, 0.1) is 0 Å². The SMILES string of the molecule is Oc1cc(NC(F)(F)CF)ccc1Cl. The fourth-order valence-corrected chi connectivity index (χ4v) is 0.953. The third kappa shape index (κ3) is 2.70. The predicted molar refractivity (Wildman–Crippen MR) is 47.7 cm³/mol. The van der Waals surface area contributed by atoms with E-state index in [1.807, 2.05) is 0 Å². The van der Waals surface area contributed by atoms with Gasteiger partial charge in [0.2, 0.25) is 0 Å². The molecular weight excluding hydrogens is 219 g/mol. The van der Waals surface area contributed by atoms with Gasteiger partial charge in [-0.25, -0.2) is 4.39 Å². The number of halogens is 4. The monoisotopic (exact) mass is 225 g/mol. The highest BCUT2D eigenvalue weighted by Crippen LogP contribution is 2.28. The number of hydrogen-bond donors (Lipinski definition) is 2. The zero-order valence-electron chi connectivity index (χ0n) is 6.90. The van der Waals surface area contributed by atoms with E-state index >= 15 is 0 Å². The quantitative estimate of drug-likeness (QED) is 0.775. The Kier molecular flexibility index (Phi) is 3.10. The lowest BCUT2D eigenvalue weighted by Gasteiger charge is -2.15. The molecule has 0 aromatic heterocycles. The van der Waals surface area contributed by atoms with Crippen LogP contribution in [0.4, 0.5) is 18.9 Å². The lowest BCUT2D eigenvalue weighted by atomic mass is 10.3. The summed E-state index contributed by atoms with van der Waals surface area (Å²) in [6, 6.07) is -0.203. The van der Waals surface area contributed by atoms with Gasteiger partial charge in [0.1, 0.15) is 5.75 Å². The molecule has 0 unspecified atom stereocenters. The highest BCUT2D eigenvalue weighted by atomic mass is 35.5. The molecule has 0 amide bonds. The Morgan fingerprint density at radius 3 is 2.57 bits per heavy atom. The van der Waals surface area contributed by atoms with Gasteiger partial charge < -0.3 is 10.4 Å². The Morgan fingerprint density at radius 2 is 2.07 bits per heavy atom. The van der Waals surface area contributed by atoms with Crippen molar-refractivity contribution in [2.75, 3.05) is 12.0 Å². The van der Waals surface area contributed by atoms with Crippen molar-refractivity contribution in [1.29, 1.82) is 0 Å². The average Bonchev–Trinajstić information content (AvgIpc) is 2.11. The Balaban J connectivity index is 2.83. The molecule has 1 rings (SSSR count). The van der Waals surface area contributed by atoms with Gasteiger partial charge in [0.25, 0.3) is 0 Å². The maximum absolute atomic E-state index is 12.5. The first-order valence-corrected chi connectivity index (χ1v) is 4.03. The molecule has 0 aliphatic heterocycles. The summed E-state index contributed by atoms with van der Waals surface area (Å²) in [6.45, 7) is -1.82.